The Balaban J connectivity index is 1.59. The van der Waals surface area contributed by atoms with E-state index >= 15 is 0 Å². The van der Waals surface area contributed by atoms with E-state index in [9.17, 15) is 9.90 Å². The molecule has 0 radical (unpaired) electrons. The number of fused-ring (bicyclic) bond motifs is 1. The molecule has 1 atom stereocenters. The molecule has 2 N–H and O–H groups in total. The van der Waals surface area contributed by atoms with E-state index in [2.05, 4.69) is 21.4 Å². The molecular formula is C18H19N3O3. The minimum Gasteiger partial charge on any atom is -0.493 e. The van der Waals surface area contributed by atoms with Crippen LogP contribution in [0, 0.1) is 5.92 Å². The molecule has 1 fully saturated rings. The number of aliphatic hydroxyl groups is 1. The average molecular weight is 325 g/mol. The van der Waals surface area contributed by atoms with Crippen LogP contribution in [0.25, 0.3) is 0 Å². The number of hydrogen-bond donors (Lipinski definition) is 2. The number of carbonyl (C=O) groups excluding carboxylic acids is 1. The Bertz CT molecular complexity index is 744. The van der Waals surface area contributed by atoms with Crippen LogP contribution in [0.1, 0.15) is 40.4 Å². The van der Waals surface area contributed by atoms with Crippen molar-refractivity contribution in [2.24, 2.45) is 5.92 Å². The van der Waals surface area contributed by atoms with Crippen molar-refractivity contribution in [3.05, 3.63) is 53.6 Å². The van der Waals surface area contributed by atoms with E-state index in [1.54, 1.807) is 0 Å². The number of nitrogens with one attached hydrogen (secondary N) is 1. The first-order valence-electron chi connectivity index (χ1n) is 8.20. The number of aromatic nitrogens is 2. The minimum atomic E-state index is -0.271. The van der Waals surface area contributed by atoms with Gasteiger partial charge in [0.2, 0.25) is 0 Å². The van der Waals surface area contributed by atoms with Gasteiger partial charge in [0.05, 0.1) is 24.3 Å². The van der Waals surface area contributed by atoms with Crippen LogP contribution in [0.2, 0.25) is 0 Å². The summed E-state index contributed by atoms with van der Waals surface area (Å²) in [5, 5.41) is 12.8. The lowest BCUT2D eigenvalue weighted by Gasteiger charge is -2.38. The standard InChI is InChI=1S/C18H19N3O3/c22-15-6-13(7-15)17(21-18(23)14-8-19-10-20-9-14)12-1-2-16-11(5-12)3-4-24-16/h1-2,5,8-10,13,15,17,22H,3-4,6-7H2,(H,21,23)/t13?,15?,17-/m0/s1. The van der Waals surface area contributed by atoms with Crippen LogP contribution in [-0.2, 0) is 6.42 Å². The van der Waals surface area contributed by atoms with Gasteiger partial charge >= 0.3 is 0 Å². The summed E-state index contributed by atoms with van der Waals surface area (Å²) in [4.78, 5) is 20.3. The predicted octanol–water partition coefficient (Wildman–Crippen LogP) is 1.65. The lowest BCUT2D eigenvalue weighted by atomic mass is 9.74. The zero-order valence-electron chi connectivity index (χ0n) is 13.2. The first kappa shape index (κ1) is 15.1. The van der Waals surface area contributed by atoms with Crippen molar-refractivity contribution >= 4 is 5.91 Å². The van der Waals surface area contributed by atoms with Gasteiger partial charge in [-0.25, -0.2) is 9.97 Å². The van der Waals surface area contributed by atoms with Crippen LogP contribution >= 0.6 is 0 Å². The molecule has 6 heteroatoms. The highest BCUT2D eigenvalue weighted by atomic mass is 16.5. The molecule has 2 heterocycles. The third-order valence-electron chi connectivity index (χ3n) is 4.80. The molecule has 1 aliphatic heterocycles. The van der Waals surface area contributed by atoms with E-state index in [4.69, 9.17) is 4.74 Å². The Hall–Kier alpha value is -2.47. The SMILES string of the molecule is O=C(N[C@@H](c1ccc2c(c1)CCO2)C1CC(O)C1)c1cncnc1. The Morgan fingerprint density at radius 3 is 2.83 bits per heavy atom. The fourth-order valence-corrected chi connectivity index (χ4v) is 3.42. The molecule has 1 aromatic heterocycles. The van der Waals surface area contributed by atoms with Crippen molar-refractivity contribution < 1.29 is 14.6 Å². The summed E-state index contributed by atoms with van der Waals surface area (Å²) in [5.41, 5.74) is 2.67. The summed E-state index contributed by atoms with van der Waals surface area (Å²) >= 11 is 0. The maximum Gasteiger partial charge on any atom is 0.254 e. The summed E-state index contributed by atoms with van der Waals surface area (Å²) in [6.45, 7) is 0.708. The zero-order valence-corrected chi connectivity index (χ0v) is 13.2. The third kappa shape index (κ3) is 2.85. The van der Waals surface area contributed by atoms with E-state index in [1.165, 1.54) is 24.3 Å². The van der Waals surface area contributed by atoms with Crippen LogP contribution < -0.4 is 10.1 Å². The summed E-state index contributed by atoms with van der Waals surface area (Å²) in [6.07, 6.45) is 6.43. The van der Waals surface area contributed by atoms with Crippen molar-refractivity contribution in [1.82, 2.24) is 15.3 Å². The van der Waals surface area contributed by atoms with Gasteiger partial charge in [-0.1, -0.05) is 6.07 Å². The van der Waals surface area contributed by atoms with Crippen LogP contribution in [0.4, 0.5) is 0 Å². The van der Waals surface area contributed by atoms with E-state index in [0.29, 0.717) is 25.0 Å². The average Bonchev–Trinajstić information content (AvgIpc) is 3.05. The Morgan fingerprint density at radius 1 is 1.29 bits per heavy atom. The predicted molar refractivity (Wildman–Crippen MR) is 86.6 cm³/mol. The normalized spacial score (nSPS) is 22.9. The fourth-order valence-electron chi connectivity index (χ4n) is 3.42. The van der Waals surface area contributed by atoms with E-state index in [0.717, 1.165) is 17.7 Å². The quantitative estimate of drug-likeness (QED) is 0.893. The summed E-state index contributed by atoms with van der Waals surface area (Å²) in [5.74, 6) is 0.960. The zero-order chi connectivity index (χ0) is 16.5. The molecule has 1 saturated carbocycles. The van der Waals surface area contributed by atoms with Gasteiger partial charge in [-0.15, -0.1) is 0 Å². The van der Waals surface area contributed by atoms with Crippen molar-refractivity contribution in [1.29, 1.82) is 0 Å². The van der Waals surface area contributed by atoms with Gasteiger partial charge in [0.15, 0.2) is 0 Å². The van der Waals surface area contributed by atoms with Crippen LogP contribution in [0.15, 0.2) is 36.9 Å². The molecule has 6 nitrogen and oxygen atoms in total. The summed E-state index contributed by atoms with van der Waals surface area (Å²) in [6, 6.07) is 5.95. The van der Waals surface area contributed by atoms with Crippen molar-refractivity contribution in [2.45, 2.75) is 31.4 Å². The molecule has 2 aromatic rings. The van der Waals surface area contributed by atoms with Crippen LogP contribution in [0.3, 0.4) is 0 Å². The number of benzene rings is 1. The van der Waals surface area contributed by atoms with Gasteiger partial charge in [0.1, 0.15) is 12.1 Å². The first-order chi connectivity index (χ1) is 11.7. The summed E-state index contributed by atoms with van der Waals surface area (Å²) < 4.78 is 5.56. The smallest absolute Gasteiger partial charge is 0.254 e. The van der Waals surface area contributed by atoms with E-state index < -0.39 is 0 Å². The van der Waals surface area contributed by atoms with Gasteiger partial charge < -0.3 is 15.2 Å². The second-order valence-corrected chi connectivity index (χ2v) is 6.43. The van der Waals surface area contributed by atoms with Crippen LogP contribution in [-0.4, -0.2) is 33.7 Å². The molecular weight excluding hydrogens is 306 g/mol. The monoisotopic (exact) mass is 325 g/mol. The van der Waals surface area contributed by atoms with Gasteiger partial charge in [-0.2, -0.15) is 0 Å². The number of hydrogen-bond acceptors (Lipinski definition) is 5. The van der Waals surface area contributed by atoms with E-state index in [-0.39, 0.29) is 24.0 Å². The molecule has 0 bridgehead atoms. The number of ether oxygens (including phenoxy) is 1. The minimum absolute atomic E-state index is 0.132. The Labute approximate surface area is 139 Å². The summed E-state index contributed by atoms with van der Waals surface area (Å²) in [7, 11) is 0. The van der Waals surface area contributed by atoms with Crippen LogP contribution in [0.5, 0.6) is 5.75 Å². The Kier molecular flexibility index (Phi) is 3.90. The van der Waals surface area contributed by atoms with Crippen molar-refractivity contribution in [2.75, 3.05) is 6.61 Å². The van der Waals surface area contributed by atoms with E-state index in [1.807, 2.05) is 12.1 Å². The molecule has 24 heavy (non-hydrogen) atoms. The maximum atomic E-state index is 12.5. The Morgan fingerprint density at radius 2 is 2.08 bits per heavy atom. The highest BCUT2D eigenvalue weighted by Crippen LogP contribution is 2.39. The number of amides is 1. The second-order valence-electron chi connectivity index (χ2n) is 6.43. The second kappa shape index (κ2) is 6.20. The van der Waals surface area contributed by atoms with Gasteiger partial charge in [-0.3, -0.25) is 4.79 Å². The topological polar surface area (TPSA) is 84.3 Å². The highest BCUT2D eigenvalue weighted by molar-refractivity contribution is 5.93. The van der Waals surface area contributed by atoms with Crippen molar-refractivity contribution in [3.8, 4) is 5.75 Å². The van der Waals surface area contributed by atoms with Gasteiger partial charge in [0, 0.05) is 18.8 Å². The third-order valence-corrected chi connectivity index (χ3v) is 4.80. The molecule has 0 unspecified atom stereocenters. The molecule has 1 aromatic carbocycles. The highest BCUT2D eigenvalue weighted by Gasteiger charge is 2.36. The number of aliphatic hydroxyl groups excluding tert-OH is 1. The molecule has 0 saturated heterocycles. The van der Waals surface area contributed by atoms with Crippen molar-refractivity contribution in [3.63, 3.8) is 0 Å². The van der Waals surface area contributed by atoms with Gasteiger partial charge in [0.25, 0.3) is 5.91 Å². The first-order valence-corrected chi connectivity index (χ1v) is 8.20. The lowest BCUT2D eigenvalue weighted by Crippen LogP contribution is -2.41. The molecule has 4 rings (SSSR count). The number of carbonyl (C=O) groups is 1. The van der Waals surface area contributed by atoms with Gasteiger partial charge in [-0.05, 0) is 42.0 Å². The molecule has 1 aliphatic carbocycles. The lowest BCUT2D eigenvalue weighted by molar-refractivity contribution is 0.0235. The largest absolute Gasteiger partial charge is 0.493 e. The maximum absolute atomic E-state index is 12.5. The number of rotatable bonds is 4. The fraction of sp³-hybridized carbons (Fsp3) is 0.389. The molecule has 2 aliphatic rings. The molecule has 1 amide bonds. The molecule has 124 valence electrons. The number of nitrogens with zero attached hydrogens (tertiary/aromatic N) is 2. The molecule has 0 spiro atoms.